The zero-order chi connectivity index (χ0) is 22.6. The maximum Gasteiger partial charge on any atom is 0.330 e. The van der Waals surface area contributed by atoms with Crippen LogP contribution in [-0.2, 0) is 19.4 Å². The summed E-state index contributed by atoms with van der Waals surface area (Å²) >= 11 is 5.85. The van der Waals surface area contributed by atoms with Crippen LogP contribution in [0.1, 0.15) is 22.1 Å². The maximum absolute atomic E-state index is 14.6. The van der Waals surface area contributed by atoms with Crippen molar-refractivity contribution in [2.24, 2.45) is 0 Å². The number of hydrogen-bond donors (Lipinski definition) is 0. The van der Waals surface area contributed by atoms with Crippen molar-refractivity contribution >= 4 is 33.5 Å². The Hall–Kier alpha value is -3.10. The molecule has 9 heteroatoms. The molecule has 0 aliphatic rings. The van der Waals surface area contributed by atoms with Crippen LogP contribution in [0.5, 0.6) is 0 Å². The molecule has 0 radical (unpaired) electrons. The number of hydrogen-bond acceptors (Lipinski definition) is 5. The summed E-state index contributed by atoms with van der Waals surface area (Å²) in [6, 6.07) is 10.8. The van der Waals surface area contributed by atoms with Crippen LogP contribution >= 0.6 is 11.6 Å². The van der Waals surface area contributed by atoms with Gasteiger partial charge < -0.3 is 4.74 Å². The monoisotopic (exact) mass is 463 g/mol. The van der Waals surface area contributed by atoms with Gasteiger partial charge in [0, 0.05) is 22.9 Å². The van der Waals surface area contributed by atoms with E-state index in [9.17, 15) is 22.0 Å². The van der Waals surface area contributed by atoms with Crippen LogP contribution in [0, 0.1) is 11.6 Å². The van der Waals surface area contributed by atoms with Gasteiger partial charge in [-0.1, -0.05) is 17.7 Å². The van der Waals surface area contributed by atoms with E-state index in [0.29, 0.717) is 10.6 Å². The summed E-state index contributed by atoms with van der Waals surface area (Å²) in [6.45, 7) is 0. The van der Waals surface area contributed by atoms with Gasteiger partial charge in [-0.05, 0) is 60.2 Å². The second-order valence-corrected chi connectivity index (χ2v) is 8.89. The molecule has 5 nitrogen and oxygen atoms in total. The van der Waals surface area contributed by atoms with E-state index < -0.39 is 32.7 Å². The molecule has 3 aromatic rings. The highest BCUT2D eigenvalue weighted by atomic mass is 35.5. The van der Waals surface area contributed by atoms with Gasteiger partial charge in [0.05, 0.1) is 17.7 Å². The highest BCUT2D eigenvalue weighted by molar-refractivity contribution is 7.91. The molecule has 0 spiro atoms. The van der Waals surface area contributed by atoms with Crippen molar-refractivity contribution in [3.8, 4) is 0 Å². The molecule has 1 aromatic heterocycles. The third-order valence-corrected chi connectivity index (χ3v) is 6.68. The molecule has 0 bridgehead atoms. The highest BCUT2D eigenvalue weighted by Gasteiger charge is 2.34. The summed E-state index contributed by atoms with van der Waals surface area (Å²) in [5, 5.41) is -1.28. The number of halogens is 3. The van der Waals surface area contributed by atoms with Crippen molar-refractivity contribution in [3.63, 3.8) is 0 Å². The van der Waals surface area contributed by atoms with Crippen LogP contribution in [0.15, 0.2) is 71.8 Å². The molecule has 0 saturated heterocycles. The van der Waals surface area contributed by atoms with E-state index in [4.69, 9.17) is 11.6 Å². The Kier molecular flexibility index (Phi) is 6.82. The lowest BCUT2D eigenvalue weighted by Crippen LogP contribution is -2.18. The molecule has 0 N–H and O–H groups in total. The van der Waals surface area contributed by atoms with Crippen LogP contribution < -0.4 is 0 Å². The molecular formula is C22H16ClF2NO4S. The van der Waals surface area contributed by atoms with Gasteiger partial charge in [-0.2, -0.15) is 0 Å². The van der Waals surface area contributed by atoms with Gasteiger partial charge in [-0.25, -0.2) is 22.0 Å². The predicted octanol–water partition coefficient (Wildman–Crippen LogP) is 4.76. The second kappa shape index (κ2) is 9.36. The van der Waals surface area contributed by atoms with E-state index in [-0.39, 0.29) is 16.2 Å². The lowest BCUT2D eigenvalue weighted by molar-refractivity contribution is -0.134. The Labute approximate surface area is 182 Å². The van der Waals surface area contributed by atoms with E-state index >= 15 is 0 Å². The molecule has 31 heavy (non-hydrogen) atoms. The number of benzene rings is 2. The maximum atomic E-state index is 14.6. The number of rotatable bonds is 6. The summed E-state index contributed by atoms with van der Waals surface area (Å²) in [5.41, 5.74) is 0.0893. The number of pyridine rings is 1. The second-order valence-electron chi connectivity index (χ2n) is 6.42. The number of aromatic nitrogens is 1. The van der Waals surface area contributed by atoms with Crippen LogP contribution in [0.4, 0.5) is 8.78 Å². The Morgan fingerprint density at radius 1 is 1.10 bits per heavy atom. The summed E-state index contributed by atoms with van der Waals surface area (Å²) in [6.07, 6.45) is 3.91. The Morgan fingerprint density at radius 2 is 1.81 bits per heavy atom. The number of ether oxygens (including phenoxy) is 1. The van der Waals surface area contributed by atoms with Gasteiger partial charge in [0.15, 0.2) is 9.84 Å². The summed E-state index contributed by atoms with van der Waals surface area (Å²) in [4.78, 5) is 15.3. The molecule has 2 aromatic carbocycles. The summed E-state index contributed by atoms with van der Waals surface area (Å²) < 4.78 is 59.8. The molecule has 3 rings (SSSR count). The molecule has 0 amide bonds. The fourth-order valence-electron chi connectivity index (χ4n) is 2.86. The fourth-order valence-corrected chi connectivity index (χ4v) is 4.75. The van der Waals surface area contributed by atoms with Crippen molar-refractivity contribution in [1.29, 1.82) is 0 Å². The minimum absolute atomic E-state index is 0.0188. The Bertz CT molecular complexity index is 1230. The van der Waals surface area contributed by atoms with Crippen molar-refractivity contribution in [2.75, 3.05) is 7.11 Å². The molecule has 1 unspecified atom stereocenters. The molecule has 1 heterocycles. The minimum Gasteiger partial charge on any atom is -0.466 e. The third-order valence-electron chi connectivity index (χ3n) is 4.38. The number of esters is 1. The largest absolute Gasteiger partial charge is 0.466 e. The van der Waals surface area contributed by atoms with Crippen LogP contribution in [0.3, 0.4) is 0 Å². The van der Waals surface area contributed by atoms with Gasteiger partial charge in [-0.3, -0.25) is 4.98 Å². The van der Waals surface area contributed by atoms with E-state index in [0.717, 1.165) is 18.2 Å². The smallest absolute Gasteiger partial charge is 0.330 e. The Balaban J connectivity index is 2.13. The SMILES string of the molecule is COC(=O)C=Cc1ccc(C(c2cc(F)ccc2F)S(=O)(=O)c2ccc(Cl)cc2)nc1. The number of methoxy groups -OCH3 is 1. The van der Waals surface area contributed by atoms with Crippen molar-refractivity contribution in [3.05, 3.63) is 100 Å². The van der Waals surface area contributed by atoms with E-state index in [1.165, 1.54) is 61.9 Å². The third kappa shape index (κ3) is 5.15. The fraction of sp³-hybridized carbons (Fsp3) is 0.0909. The van der Waals surface area contributed by atoms with Crippen molar-refractivity contribution in [2.45, 2.75) is 10.1 Å². The summed E-state index contributed by atoms with van der Waals surface area (Å²) in [5.74, 6) is -2.25. The highest BCUT2D eigenvalue weighted by Crippen LogP contribution is 2.36. The van der Waals surface area contributed by atoms with Crippen molar-refractivity contribution in [1.82, 2.24) is 4.98 Å². The topological polar surface area (TPSA) is 73.3 Å². The number of carbonyl (C=O) groups excluding carboxylic acids is 1. The minimum atomic E-state index is -4.23. The number of sulfone groups is 1. The number of nitrogens with zero attached hydrogens (tertiary/aromatic N) is 1. The first-order chi connectivity index (χ1) is 14.7. The Morgan fingerprint density at radius 3 is 2.42 bits per heavy atom. The van der Waals surface area contributed by atoms with E-state index in [1.54, 1.807) is 0 Å². The first-order valence-electron chi connectivity index (χ1n) is 8.89. The van der Waals surface area contributed by atoms with Crippen molar-refractivity contribution < 1.29 is 26.7 Å². The molecule has 160 valence electrons. The average Bonchev–Trinajstić information content (AvgIpc) is 2.75. The van der Waals surface area contributed by atoms with Gasteiger partial charge in [0.2, 0.25) is 0 Å². The zero-order valence-corrected chi connectivity index (χ0v) is 17.7. The van der Waals surface area contributed by atoms with Gasteiger partial charge in [0.25, 0.3) is 0 Å². The average molecular weight is 464 g/mol. The molecule has 1 atom stereocenters. The zero-order valence-electron chi connectivity index (χ0n) is 16.1. The van der Waals surface area contributed by atoms with Gasteiger partial charge >= 0.3 is 5.97 Å². The lowest BCUT2D eigenvalue weighted by atomic mass is 10.1. The number of carbonyl (C=O) groups is 1. The molecule has 0 aliphatic carbocycles. The predicted molar refractivity (Wildman–Crippen MR) is 112 cm³/mol. The normalized spacial score (nSPS) is 12.6. The van der Waals surface area contributed by atoms with E-state index in [2.05, 4.69) is 9.72 Å². The summed E-state index contributed by atoms with van der Waals surface area (Å²) in [7, 11) is -3.00. The van der Waals surface area contributed by atoms with Crippen LogP contribution in [0.2, 0.25) is 5.02 Å². The molecule has 0 fully saturated rings. The quantitative estimate of drug-likeness (QED) is 0.389. The van der Waals surface area contributed by atoms with Crippen LogP contribution in [0.25, 0.3) is 6.08 Å². The lowest BCUT2D eigenvalue weighted by Gasteiger charge is -2.19. The van der Waals surface area contributed by atoms with Gasteiger partial charge in [0.1, 0.15) is 16.9 Å². The molecule has 0 aliphatic heterocycles. The standard InChI is InChI=1S/C22H16ClF2NO4S/c1-30-21(27)11-3-14-2-10-20(26-13-14)22(18-12-16(24)6-9-19(18)25)31(28,29)17-7-4-15(23)5-8-17/h2-13,22H,1H3. The van der Waals surface area contributed by atoms with E-state index in [1.807, 2.05) is 0 Å². The first kappa shape index (κ1) is 22.6. The molecule has 0 saturated carbocycles. The van der Waals surface area contributed by atoms with Crippen LogP contribution in [-0.4, -0.2) is 26.5 Å². The van der Waals surface area contributed by atoms with Gasteiger partial charge in [-0.15, -0.1) is 0 Å². The first-order valence-corrected chi connectivity index (χ1v) is 10.8. The molecular weight excluding hydrogens is 448 g/mol.